The van der Waals surface area contributed by atoms with Gasteiger partial charge in [0.05, 0.1) is 10.6 Å². The van der Waals surface area contributed by atoms with Crippen molar-refractivity contribution in [1.29, 1.82) is 0 Å². The number of aliphatic hydroxyl groups excluding tert-OH is 1. The Bertz CT molecular complexity index is 1180. The lowest BCUT2D eigenvalue weighted by atomic mass is 9.94. The fourth-order valence-corrected chi connectivity index (χ4v) is 4.28. The van der Waals surface area contributed by atoms with Gasteiger partial charge in [-0.25, -0.2) is 23.4 Å². The van der Waals surface area contributed by atoms with E-state index < -0.39 is 16.1 Å². The zero-order valence-electron chi connectivity index (χ0n) is 18.2. The van der Waals surface area contributed by atoms with E-state index in [4.69, 9.17) is 5.73 Å². The number of allylic oxidation sites excluding steroid dienone is 2. The van der Waals surface area contributed by atoms with Crippen LogP contribution < -0.4 is 11.1 Å². The van der Waals surface area contributed by atoms with Crippen molar-refractivity contribution in [2.24, 2.45) is 17.6 Å². The van der Waals surface area contributed by atoms with Crippen LogP contribution in [0.1, 0.15) is 20.8 Å². The van der Waals surface area contributed by atoms with Crippen molar-refractivity contribution in [2.45, 2.75) is 36.9 Å². The van der Waals surface area contributed by atoms with Crippen LogP contribution in [0.3, 0.4) is 0 Å². The van der Waals surface area contributed by atoms with E-state index >= 15 is 0 Å². The minimum Gasteiger partial charge on any atom is -0.379 e. The van der Waals surface area contributed by atoms with Gasteiger partial charge in [-0.1, -0.05) is 38.1 Å². The van der Waals surface area contributed by atoms with Crippen molar-refractivity contribution in [3.63, 3.8) is 0 Å². The molecule has 0 aliphatic rings. The molecule has 0 aliphatic heterocycles. The maximum Gasteiger partial charge on any atom is 0.227 e. The Morgan fingerprint density at radius 1 is 1.06 bits per heavy atom. The number of nitrogens with one attached hydrogen (secondary N) is 1. The minimum absolute atomic E-state index is 0.00855. The predicted molar refractivity (Wildman–Crippen MR) is 123 cm³/mol. The first kappa shape index (κ1) is 23.5. The molecule has 0 bridgehead atoms. The number of hydrogen-bond acceptors (Lipinski definition) is 8. The molecule has 168 valence electrons. The SMILES string of the molecule is C/C(=C\C(C)C(C)C(N)O)Nc1nccc(-c2ccc(S(=O)(=O)c3ccccn3)cc2)n1. The molecule has 2 heterocycles. The first-order chi connectivity index (χ1) is 15.2. The Hall–Kier alpha value is -3.14. The molecule has 32 heavy (non-hydrogen) atoms. The number of anilines is 1. The molecule has 8 nitrogen and oxygen atoms in total. The van der Waals surface area contributed by atoms with Crippen LogP contribution in [-0.4, -0.2) is 34.7 Å². The fraction of sp³-hybridized carbons (Fsp3) is 0.261. The molecule has 1 aromatic carbocycles. The van der Waals surface area contributed by atoms with Crippen molar-refractivity contribution >= 4 is 15.8 Å². The third kappa shape index (κ3) is 5.56. The molecule has 0 spiro atoms. The van der Waals surface area contributed by atoms with E-state index in [9.17, 15) is 13.5 Å². The second-order valence-electron chi connectivity index (χ2n) is 7.64. The normalized spacial score (nSPS) is 15.1. The van der Waals surface area contributed by atoms with Gasteiger partial charge in [0.15, 0.2) is 5.03 Å². The van der Waals surface area contributed by atoms with Gasteiger partial charge in [-0.05, 0) is 43.2 Å². The number of sulfone groups is 1. The maximum absolute atomic E-state index is 12.7. The first-order valence-electron chi connectivity index (χ1n) is 10.2. The fourth-order valence-electron chi connectivity index (χ4n) is 3.09. The molecule has 3 rings (SSSR count). The van der Waals surface area contributed by atoms with Gasteiger partial charge in [-0.2, -0.15) is 0 Å². The second-order valence-corrected chi connectivity index (χ2v) is 9.54. The van der Waals surface area contributed by atoms with E-state index in [0.717, 1.165) is 11.3 Å². The summed E-state index contributed by atoms with van der Waals surface area (Å²) in [6, 6.07) is 13.0. The van der Waals surface area contributed by atoms with Gasteiger partial charge in [0, 0.05) is 29.6 Å². The number of nitrogens with two attached hydrogens (primary N) is 1. The summed E-state index contributed by atoms with van der Waals surface area (Å²) in [6.07, 6.45) is 4.16. The summed E-state index contributed by atoms with van der Waals surface area (Å²) in [5, 5.41) is 12.7. The van der Waals surface area contributed by atoms with Gasteiger partial charge >= 0.3 is 0 Å². The first-order valence-corrected chi connectivity index (χ1v) is 11.7. The van der Waals surface area contributed by atoms with Crippen LogP contribution in [0.25, 0.3) is 11.3 Å². The van der Waals surface area contributed by atoms with Crippen molar-refractivity contribution in [3.8, 4) is 11.3 Å². The third-order valence-corrected chi connectivity index (χ3v) is 6.90. The van der Waals surface area contributed by atoms with Crippen molar-refractivity contribution in [2.75, 3.05) is 5.32 Å². The summed E-state index contributed by atoms with van der Waals surface area (Å²) in [7, 11) is -3.68. The standard InChI is InChI=1S/C23H27N5O3S/c1-15(17(3)22(24)29)14-16(2)27-23-26-13-11-20(28-23)18-7-9-19(10-8-18)32(30,31)21-6-4-5-12-25-21/h4-15,17,22,29H,24H2,1-3H3,(H,26,27,28)/b16-14+. The zero-order valence-corrected chi connectivity index (χ0v) is 19.0. The molecule has 4 N–H and O–H groups in total. The van der Waals surface area contributed by atoms with Gasteiger partial charge < -0.3 is 16.2 Å². The second kappa shape index (κ2) is 9.99. The molecule has 3 aromatic rings. The van der Waals surface area contributed by atoms with Crippen LogP contribution in [0, 0.1) is 11.8 Å². The van der Waals surface area contributed by atoms with Crippen molar-refractivity contribution < 1.29 is 13.5 Å². The third-order valence-electron chi connectivity index (χ3n) is 5.22. The van der Waals surface area contributed by atoms with E-state index in [1.165, 1.54) is 12.3 Å². The van der Waals surface area contributed by atoms with Crippen LogP contribution in [-0.2, 0) is 9.84 Å². The number of benzene rings is 1. The van der Waals surface area contributed by atoms with E-state index in [1.807, 2.05) is 26.8 Å². The highest BCUT2D eigenvalue weighted by atomic mass is 32.2. The smallest absolute Gasteiger partial charge is 0.227 e. The largest absolute Gasteiger partial charge is 0.379 e. The summed E-state index contributed by atoms with van der Waals surface area (Å²) < 4.78 is 25.4. The number of rotatable bonds is 8. The molecule has 0 fully saturated rings. The lowest BCUT2D eigenvalue weighted by molar-refractivity contribution is 0.104. The van der Waals surface area contributed by atoms with Crippen LogP contribution in [0.5, 0.6) is 0 Å². The van der Waals surface area contributed by atoms with E-state index in [1.54, 1.807) is 48.7 Å². The van der Waals surface area contributed by atoms with Crippen molar-refractivity contribution in [3.05, 3.63) is 72.7 Å². The zero-order chi connectivity index (χ0) is 23.3. The number of aromatic nitrogens is 3. The Morgan fingerprint density at radius 2 is 1.78 bits per heavy atom. The van der Waals surface area contributed by atoms with Gasteiger partial charge in [-0.15, -0.1) is 0 Å². The summed E-state index contributed by atoms with van der Waals surface area (Å²) in [5.74, 6) is 0.369. The quantitative estimate of drug-likeness (QED) is 0.443. The molecular weight excluding hydrogens is 426 g/mol. The van der Waals surface area contributed by atoms with Crippen LogP contribution in [0.4, 0.5) is 5.95 Å². The average molecular weight is 454 g/mol. The summed E-state index contributed by atoms with van der Waals surface area (Å²) in [6.45, 7) is 5.75. The van der Waals surface area contributed by atoms with Crippen LogP contribution in [0.15, 0.2) is 82.6 Å². The Balaban J connectivity index is 1.78. The maximum atomic E-state index is 12.7. The average Bonchev–Trinajstić information content (AvgIpc) is 2.79. The summed E-state index contributed by atoms with van der Waals surface area (Å²) in [4.78, 5) is 12.9. The minimum atomic E-state index is -3.68. The molecular formula is C23H27N5O3S. The molecule has 0 amide bonds. The molecule has 3 unspecified atom stereocenters. The topological polar surface area (TPSA) is 131 Å². The lowest BCUT2D eigenvalue weighted by Crippen LogP contribution is -2.31. The van der Waals surface area contributed by atoms with Gasteiger partial charge in [0.2, 0.25) is 15.8 Å². The highest BCUT2D eigenvalue weighted by molar-refractivity contribution is 7.91. The number of hydrogen-bond donors (Lipinski definition) is 3. The number of aliphatic hydroxyl groups is 1. The van der Waals surface area contributed by atoms with Crippen molar-refractivity contribution in [1.82, 2.24) is 15.0 Å². The Kier molecular flexibility index (Phi) is 7.34. The Labute approximate surface area is 188 Å². The predicted octanol–water partition coefficient (Wildman–Crippen LogP) is 3.24. The highest BCUT2D eigenvalue weighted by Crippen LogP contribution is 2.24. The van der Waals surface area contributed by atoms with E-state index in [0.29, 0.717) is 11.6 Å². The number of pyridine rings is 1. The number of nitrogens with zero attached hydrogens (tertiary/aromatic N) is 3. The molecule has 2 aromatic heterocycles. The Morgan fingerprint density at radius 3 is 2.41 bits per heavy atom. The van der Waals surface area contributed by atoms with E-state index in [2.05, 4.69) is 20.3 Å². The molecule has 0 saturated heterocycles. The molecule has 0 saturated carbocycles. The lowest BCUT2D eigenvalue weighted by Gasteiger charge is -2.20. The van der Waals surface area contributed by atoms with Gasteiger partial charge in [-0.3, -0.25) is 0 Å². The molecule has 0 aliphatic carbocycles. The molecule has 3 atom stereocenters. The van der Waals surface area contributed by atoms with Gasteiger partial charge in [0.25, 0.3) is 0 Å². The van der Waals surface area contributed by atoms with Gasteiger partial charge in [0.1, 0.15) is 6.23 Å². The van der Waals surface area contributed by atoms with Crippen LogP contribution in [0.2, 0.25) is 0 Å². The molecule has 0 radical (unpaired) electrons. The summed E-state index contributed by atoms with van der Waals surface area (Å²) >= 11 is 0. The van der Waals surface area contributed by atoms with Crippen LogP contribution >= 0.6 is 0 Å². The monoisotopic (exact) mass is 453 g/mol. The summed E-state index contributed by atoms with van der Waals surface area (Å²) in [5.41, 5.74) is 7.80. The molecule has 9 heteroatoms. The highest BCUT2D eigenvalue weighted by Gasteiger charge is 2.19. The van der Waals surface area contributed by atoms with E-state index in [-0.39, 0.29) is 21.8 Å².